The minimum atomic E-state index is -1.51. The van der Waals surface area contributed by atoms with Crippen LogP contribution in [0.3, 0.4) is 0 Å². The third kappa shape index (κ3) is 5.52. The van der Waals surface area contributed by atoms with Crippen molar-refractivity contribution < 1.29 is 34.4 Å². The summed E-state index contributed by atoms with van der Waals surface area (Å²) in [6, 6.07) is -2.12. The number of aliphatic hydroxyl groups excluding tert-OH is 3. The Morgan fingerprint density at radius 3 is 2.62 bits per heavy atom. The second-order valence-electron chi connectivity index (χ2n) is 9.03. The zero-order valence-corrected chi connectivity index (χ0v) is 19.6. The molecule has 14 nitrogen and oxygen atoms in total. The standard InChI is InChI=1S/C20H31N7O7/c1-9(27(5)19(32)34-20(2,3)4)17(31)25-11-10(6-28)33-18(14(30)13(11)29)26-16-12-15(22-7-21-12)23-8-24-16/h7-11,13-14,18,28-30H,6H2,1-5H3,(H,25,31)(H2,21,22,23,24,26)/t9-,10+,11+,13-,14+,18+/m1/s1. The highest BCUT2D eigenvalue weighted by Crippen LogP contribution is 2.24. The fourth-order valence-electron chi connectivity index (χ4n) is 3.38. The number of nitrogens with one attached hydrogen (secondary N) is 3. The van der Waals surface area contributed by atoms with E-state index in [1.807, 2.05) is 0 Å². The Morgan fingerprint density at radius 2 is 1.97 bits per heavy atom. The molecule has 3 heterocycles. The van der Waals surface area contributed by atoms with Crippen LogP contribution in [0.5, 0.6) is 0 Å². The first-order valence-electron chi connectivity index (χ1n) is 10.7. The van der Waals surface area contributed by atoms with Crippen LogP contribution in [-0.2, 0) is 14.3 Å². The van der Waals surface area contributed by atoms with E-state index in [9.17, 15) is 24.9 Å². The molecule has 2 amide bonds. The minimum Gasteiger partial charge on any atom is -0.444 e. The second-order valence-corrected chi connectivity index (χ2v) is 9.03. The third-order valence-electron chi connectivity index (χ3n) is 5.38. The Hall–Kier alpha value is -3.07. The van der Waals surface area contributed by atoms with Crippen LogP contribution in [0.1, 0.15) is 27.7 Å². The van der Waals surface area contributed by atoms with E-state index < -0.39 is 60.8 Å². The Kier molecular flexibility index (Phi) is 7.55. The number of carbonyl (C=O) groups is 2. The van der Waals surface area contributed by atoms with Gasteiger partial charge in [-0.25, -0.2) is 19.7 Å². The lowest BCUT2D eigenvalue weighted by Gasteiger charge is -2.43. The van der Waals surface area contributed by atoms with Crippen molar-refractivity contribution in [3.63, 3.8) is 0 Å². The fourth-order valence-corrected chi connectivity index (χ4v) is 3.38. The summed E-state index contributed by atoms with van der Waals surface area (Å²) in [4.78, 5) is 41.1. The Labute approximate surface area is 195 Å². The summed E-state index contributed by atoms with van der Waals surface area (Å²) in [6.07, 6.45) is -3.25. The summed E-state index contributed by atoms with van der Waals surface area (Å²) in [5.41, 5.74) is 0.104. The van der Waals surface area contributed by atoms with Crippen molar-refractivity contribution in [1.29, 1.82) is 0 Å². The number of nitrogens with zero attached hydrogens (tertiary/aromatic N) is 4. The van der Waals surface area contributed by atoms with Crippen LogP contribution < -0.4 is 10.6 Å². The predicted octanol–water partition coefficient (Wildman–Crippen LogP) is -1.06. The molecule has 0 aromatic carbocycles. The van der Waals surface area contributed by atoms with Crippen LogP contribution in [0.25, 0.3) is 11.2 Å². The van der Waals surface area contributed by atoms with Gasteiger partial charge in [0.2, 0.25) is 5.91 Å². The Bertz CT molecular complexity index is 1010. The van der Waals surface area contributed by atoms with E-state index in [0.717, 1.165) is 4.90 Å². The summed E-state index contributed by atoms with van der Waals surface area (Å²) in [5.74, 6) is -0.362. The summed E-state index contributed by atoms with van der Waals surface area (Å²) in [5, 5.41) is 36.7. The van der Waals surface area contributed by atoms with Gasteiger partial charge in [0.1, 0.15) is 41.8 Å². The highest BCUT2D eigenvalue weighted by molar-refractivity contribution is 5.85. The highest BCUT2D eigenvalue weighted by Gasteiger charge is 2.46. The molecule has 2 aromatic heterocycles. The number of likely N-dealkylation sites (N-methyl/N-ethyl adjacent to an activating group) is 1. The van der Waals surface area contributed by atoms with Gasteiger partial charge in [0.15, 0.2) is 17.7 Å². The van der Waals surface area contributed by atoms with Crippen molar-refractivity contribution in [1.82, 2.24) is 30.2 Å². The Balaban J connectivity index is 1.68. The molecule has 6 atom stereocenters. The van der Waals surface area contributed by atoms with E-state index in [-0.39, 0.29) is 5.82 Å². The predicted molar refractivity (Wildman–Crippen MR) is 118 cm³/mol. The molecule has 14 heteroatoms. The molecular formula is C20H31N7O7. The number of aromatic amines is 1. The number of aliphatic hydroxyl groups is 3. The molecule has 0 bridgehead atoms. The van der Waals surface area contributed by atoms with Gasteiger partial charge in [0.05, 0.1) is 19.0 Å². The van der Waals surface area contributed by atoms with Crippen LogP contribution >= 0.6 is 0 Å². The first-order chi connectivity index (χ1) is 15.9. The van der Waals surface area contributed by atoms with Gasteiger partial charge in [-0.3, -0.25) is 9.69 Å². The lowest BCUT2D eigenvalue weighted by molar-refractivity contribution is -0.185. The largest absolute Gasteiger partial charge is 0.444 e. The maximum absolute atomic E-state index is 12.8. The number of hydrogen-bond acceptors (Lipinski definition) is 11. The average Bonchev–Trinajstić information content (AvgIpc) is 3.26. The molecule has 1 saturated heterocycles. The van der Waals surface area contributed by atoms with Crippen LogP contribution in [-0.4, -0.2) is 108 Å². The zero-order chi connectivity index (χ0) is 25.2. The van der Waals surface area contributed by atoms with Crippen molar-refractivity contribution in [3.05, 3.63) is 12.7 Å². The van der Waals surface area contributed by atoms with Crippen molar-refractivity contribution in [3.8, 4) is 0 Å². The Morgan fingerprint density at radius 1 is 1.26 bits per heavy atom. The van der Waals surface area contributed by atoms with E-state index in [1.165, 1.54) is 26.6 Å². The molecular weight excluding hydrogens is 450 g/mol. The van der Waals surface area contributed by atoms with Crippen molar-refractivity contribution in [2.45, 2.75) is 69.9 Å². The van der Waals surface area contributed by atoms with Crippen LogP contribution in [0.2, 0.25) is 0 Å². The van der Waals surface area contributed by atoms with Crippen LogP contribution in [0, 0.1) is 0 Å². The quantitative estimate of drug-likeness (QED) is 0.294. The molecule has 3 rings (SSSR count). The number of carbonyl (C=O) groups excluding carboxylic acids is 2. The van der Waals surface area contributed by atoms with Gasteiger partial charge in [0.25, 0.3) is 0 Å². The third-order valence-corrected chi connectivity index (χ3v) is 5.38. The normalized spacial score (nSPS) is 26.1. The van der Waals surface area contributed by atoms with Gasteiger partial charge in [-0.15, -0.1) is 0 Å². The molecule has 0 saturated carbocycles. The maximum atomic E-state index is 12.8. The number of anilines is 1. The topological polar surface area (TPSA) is 195 Å². The number of amides is 2. The second kappa shape index (κ2) is 10.0. The van der Waals surface area contributed by atoms with Gasteiger partial charge in [-0.2, -0.15) is 0 Å². The summed E-state index contributed by atoms with van der Waals surface area (Å²) in [7, 11) is 1.41. The molecule has 0 aliphatic carbocycles. The average molecular weight is 482 g/mol. The molecule has 1 aliphatic rings. The molecule has 2 aromatic rings. The van der Waals surface area contributed by atoms with Gasteiger partial charge in [-0.1, -0.05) is 0 Å². The van der Waals surface area contributed by atoms with Gasteiger partial charge in [0, 0.05) is 7.05 Å². The number of H-pyrrole nitrogens is 1. The lowest BCUT2D eigenvalue weighted by Crippen LogP contribution is -2.67. The number of fused-ring (bicyclic) bond motifs is 1. The molecule has 6 N–H and O–H groups in total. The summed E-state index contributed by atoms with van der Waals surface area (Å²) in [6.45, 7) is 6.03. The molecule has 1 aliphatic heterocycles. The molecule has 0 radical (unpaired) electrons. The first-order valence-corrected chi connectivity index (χ1v) is 10.7. The number of imidazole rings is 1. The highest BCUT2D eigenvalue weighted by atomic mass is 16.6. The summed E-state index contributed by atoms with van der Waals surface area (Å²) >= 11 is 0. The number of aromatic nitrogens is 4. The van der Waals surface area contributed by atoms with Crippen molar-refractivity contribution in [2.75, 3.05) is 19.0 Å². The molecule has 0 unspecified atom stereocenters. The van der Waals surface area contributed by atoms with E-state index in [2.05, 4.69) is 30.6 Å². The fraction of sp³-hybridized carbons (Fsp3) is 0.650. The van der Waals surface area contributed by atoms with Crippen LogP contribution in [0.4, 0.5) is 10.6 Å². The van der Waals surface area contributed by atoms with Crippen LogP contribution in [0.15, 0.2) is 12.7 Å². The lowest BCUT2D eigenvalue weighted by atomic mass is 9.95. The number of ether oxygens (including phenoxy) is 2. The minimum absolute atomic E-state index is 0.269. The SMILES string of the molecule is C[C@H](C(=O)N[C@@H]1[C@@H](O)[C@H](O)[C@@H](Nc2ncnc3nc[nH]c23)O[C@H]1CO)N(C)C(=O)OC(C)(C)C. The molecule has 188 valence electrons. The zero-order valence-electron chi connectivity index (χ0n) is 19.6. The van der Waals surface area contributed by atoms with E-state index in [0.29, 0.717) is 11.2 Å². The van der Waals surface area contributed by atoms with E-state index in [1.54, 1.807) is 20.8 Å². The van der Waals surface area contributed by atoms with Gasteiger partial charge >= 0.3 is 6.09 Å². The summed E-state index contributed by atoms with van der Waals surface area (Å²) < 4.78 is 11.0. The molecule has 0 spiro atoms. The van der Waals surface area contributed by atoms with Gasteiger partial charge < -0.3 is 40.4 Å². The first kappa shape index (κ1) is 25.6. The van der Waals surface area contributed by atoms with E-state index >= 15 is 0 Å². The van der Waals surface area contributed by atoms with Gasteiger partial charge in [-0.05, 0) is 27.7 Å². The molecule has 1 fully saturated rings. The van der Waals surface area contributed by atoms with Crippen molar-refractivity contribution in [2.24, 2.45) is 0 Å². The number of hydrogen-bond donors (Lipinski definition) is 6. The smallest absolute Gasteiger partial charge is 0.410 e. The maximum Gasteiger partial charge on any atom is 0.410 e. The van der Waals surface area contributed by atoms with Crippen molar-refractivity contribution >= 4 is 29.0 Å². The molecule has 34 heavy (non-hydrogen) atoms. The van der Waals surface area contributed by atoms with E-state index in [4.69, 9.17) is 9.47 Å². The number of rotatable bonds is 6. The monoisotopic (exact) mass is 481 g/mol.